The molecule has 0 radical (unpaired) electrons. The number of hydrogen-bond acceptors (Lipinski definition) is 3. The van der Waals surface area contributed by atoms with Gasteiger partial charge < -0.3 is 10.5 Å². The minimum Gasteiger partial charge on any atom is -0.491 e. The lowest BCUT2D eigenvalue weighted by molar-refractivity contribution is 0.344. The zero-order valence-electron chi connectivity index (χ0n) is 11.1. The number of halogens is 2. The highest BCUT2D eigenvalue weighted by Crippen LogP contribution is 2.27. The first-order chi connectivity index (χ1) is 9.65. The highest BCUT2D eigenvalue weighted by molar-refractivity contribution is 8.13. The fourth-order valence-corrected chi connectivity index (χ4v) is 3.20. The molecule has 0 amide bonds. The van der Waals surface area contributed by atoms with E-state index in [-0.39, 0.29) is 0 Å². The minimum absolute atomic E-state index is 0.425. The van der Waals surface area contributed by atoms with Gasteiger partial charge in [-0.15, -0.1) is 0 Å². The van der Waals surface area contributed by atoms with Crippen LogP contribution in [0.4, 0.5) is 0 Å². The van der Waals surface area contributed by atoms with Gasteiger partial charge in [0.15, 0.2) is 5.17 Å². The van der Waals surface area contributed by atoms with Gasteiger partial charge in [0, 0.05) is 10.8 Å². The Labute approximate surface area is 133 Å². The number of ether oxygens (including phenoxy) is 1. The Morgan fingerprint density at radius 3 is 2.80 bits per heavy atom. The van der Waals surface area contributed by atoms with Gasteiger partial charge in [-0.2, -0.15) is 0 Å². The molecule has 20 heavy (non-hydrogen) atoms. The summed E-state index contributed by atoms with van der Waals surface area (Å²) in [4.78, 5) is 4.51. The van der Waals surface area contributed by atoms with Crippen molar-refractivity contribution >= 4 is 40.1 Å². The molecule has 1 aromatic carbocycles. The number of rotatable bonds is 5. The molecule has 2 N–H and O–H groups in total. The molecule has 0 atom stereocenters. The molecular formula is C14H18Cl2N2OS. The van der Waals surface area contributed by atoms with E-state index in [0.717, 1.165) is 18.6 Å². The maximum absolute atomic E-state index is 6.02. The van der Waals surface area contributed by atoms with Gasteiger partial charge in [-0.05, 0) is 31.0 Å². The number of aliphatic imine (C=N–C) groups is 1. The van der Waals surface area contributed by atoms with E-state index in [0.29, 0.717) is 33.6 Å². The monoisotopic (exact) mass is 332 g/mol. The van der Waals surface area contributed by atoms with E-state index in [9.17, 15) is 0 Å². The first kappa shape index (κ1) is 15.8. The number of thioether (sulfide) groups is 1. The molecule has 1 fully saturated rings. The molecule has 0 aliphatic heterocycles. The zero-order valence-corrected chi connectivity index (χ0v) is 13.5. The van der Waals surface area contributed by atoms with Crippen LogP contribution < -0.4 is 10.5 Å². The van der Waals surface area contributed by atoms with E-state index < -0.39 is 0 Å². The summed E-state index contributed by atoms with van der Waals surface area (Å²) in [5.41, 5.74) is 5.90. The van der Waals surface area contributed by atoms with Crippen molar-refractivity contribution in [3.63, 3.8) is 0 Å². The molecule has 2 rings (SSSR count). The Morgan fingerprint density at radius 2 is 2.10 bits per heavy atom. The molecule has 0 unspecified atom stereocenters. The van der Waals surface area contributed by atoms with Gasteiger partial charge in [-0.3, -0.25) is 4.99 Å². The minimum atomic E-state index is 0.425. The number of nitrogens with zero attached hydrogens (tertiary/aromatic N) is 1. The van der Waals surface area contributed by atoms with Gasteiger partial charge in [0.2, 0.25) is 0 Å². The molecule has 110 valence electrons. The van der Waals surface area contributed by atoms with Crippen LogP contribution in [0.3, 0.4) is 0 Å². The van der Waals surface area contributed by atoms with Crippen LogP contribution in [0, 0.1) is 0 Å². The Hall–Kier alpha value is -0.580. The predicted octanol–water partition coefficient (Wildman–Crippen LogP) is 4.36. The largest absolute Gasteiger partial charge is 0.491 e. The van der Waals surface area contributed by atoms with E-state index in [1.165, 1.54) is 24.6 Å². The second-order valence-electron chi connectivity index (χ2n) is 4.68. The molecule has 1 saturated carbocycles. The van der Waals surface area contributed by atoms with Crippen LogP contribution >= 0.6 is 35.0 Å². The third-order valence-corrected chi connectivity index (χ3v) is 4.42. The summed E-state index contributed by atoms with van der Waals surface area (Å²) in [6.07, 6.45) is 4.87. The highest BCUT2D eigenvalue weighted by Gasteiger charge is 2.13. The zero-order chi connectivity index (χ0) is 14.4. The van der Waals surface area contributed by atoms with Crippen molar-refractivity contribution in [2.45, 2.75) is 31.7 Å². The van der Waals surface area contributed by atoms with E-state index in [4.69, 9.17) is 33.7 Å². The fraction of sp³-hybridized carbons (Fsp3) is 0.500. The molecule has 0 spiro atoms. The Morgan fingerprint density at radius 1 is 1.35 bits per heavy atom. The third-order valence-electron chi connectivity index (χ3n) is 3.12. The smallest absolute Gasteiger partial charge is 0.154 e. The Balaban J connectivity index is 1.70. The van der Waals surface area contributed by atoms with E-state index in [2.05, 4.69) is 4.99 Å². The SMILES string of the molecule is NC(=NC1CCCC1)SCCOc1ccc(Cl)cc1Cl. The van der Waals surface area contributed by atoms with Crippen LogP contribution in [0.5, 0.6) is 5.75 Å². The normalized spacial score (nSPS) is 16.6. The maximum atomic E-state index is 6.02. The molecule has 0 bridgehead atoms. The maximum Gasteiger partial charge on any atom is 0.154 e. The van der Waals surface area contributed by atoms with Crippen molar-refractivity contribution in [1.29, 1.82) is 0 Å². The Kier molecular flexibility index (Phi) is 6.33. The van der Waals surface area contributed by atoms with Gasteiger partial charge in [0.1, 0.15) is 5.75 Å². The van der Waals surface area contributed by atoms with Crippen molar-refractivity contribution in [1.82, 2.24) is 0 Å². The summed E-state index contributed by atoms with van der Waals surface area (Å²) in [5.74, 6) is 1.39. The molecule has 1 aromatic rings. The van der Waals surface area contributed by atoms with Gasteiger partial charge in [0.25, 0.3) is 0 Å². The van der Waals surface area contributed by atoms with E-state index in [1.807, 2.05) is 0 Å². The van der Waals surface area contributed by atoms with Crippen LogP contribution in [0.2, 0.25) is 10.0 Å². The van der Waals surface area contributed by atoms with Crippen LogP contribution in [-0.2, 0) is 0 Å². The summed E-state index contributed by atoms with van der Waals surface area (Å²) >= 11 is 13.4. The van der Waals surface area contributed by atoms with Crippen LogP contribution in [0.1, 0.15) is 25.7 Å². The molecule has 1 aliphatic rings. The number of benzene rings is 1. The quantitative estimate of drug-likeness (QED) is 0.495. The predicted molar refractivity (Wildman–Crippen MR) is 88.3 cm³/mol. The topological polar surface area (TPSA) is 47.6 Å². The van der Waals surface area contributed by atoms with Crippen LogP contribution in [0.25, 0.3) is 0 Å². The molecule has 0 saturated heterocycles. The van der Waals surface area contributed by atoms with Crippen molar-refractivity contribution in [2.75, 3.05) is 12.4 Å². The van der Waals surface area contributed by atoms with Crippen LogP contribution in [-0.4, -0.2) is 23.6 Å². The van der Waals surface area contributed by atoms with Crippen molar-refractivity contribution in [3.05, 3.63) is 28.2 Å². The lowest BCUT2D eigenvalue weighted by Gasteiger charge is -2.08. The third kappa shape index (κ3) is 5.08. The second-order valence-corrected chi connectivity index (χ2v) is 6.64. The summed E-state index contributed by atoms with van der Waals surface area (Å²) in [7, 11) is 0. The molecule has 3 nitrogen and oxygen atoms in total. The van der Waals surface area contributed by atoms with Crippen molar-refractivity contribution in [3.8, 4) is 5.75 Å². The number of hydrogen-bond donors (Lipinski definition) is 1. The molecule has 0 heterocycles. The average molecular weight is 333 g/mol. The first-order valence-electron chi connectivity index (χ1n) is 6.69. The van der Waals surface area contributed by atoms with Crippen molar-refractivity contribution < 1.29 is 4.74 Å². The summed E-state index contributed by atoms with van der Waals surface area (Å²) < 4.78 is 5.59. The lowest BCUT2D eigenvalue weighted by atomic mass is 10.3. The second kappa shape index (κ2) is 8.01. The fourth-order valence-electron chi connectivity index (χ4n) is 2.14. The van der Waals surface area contributed by atoms with Gasteiger partial charge in [-0.25, -0.2) is 0 Å². The number of nitrogens with two attached hydrogens (primary N) is 1. The standard InChI is InChI=1S/C14H18Cl2N2OS/c15-10-5-6-13(12(16)9-10)19-7-8-20-14(17)18-11-3-1-2-4-11/h5-6,9,11H,1-4,7-8H2,(H2,17,18). The van der Waals surface area contributed by atoms with E-state index >= 15 is 0 Å². The summed E-state index contributed by atoms with van der Waals surface area (Å²) in [5, 5.41) is 1.78. The van der Waals surface area contributed by atoms with Gasteiger partial charge in [0.05, 0.1) is 17.7 Å². The van der Waals surface area contributed by atoms with Gasteiger partial charge >= 0.3 is 0 Å². The van der Waals surface area contributed by atoms with Gasteiger partial charge in [-0.1, -0.05) is 47.8 Å². The molecule has 6 heteroatoms. The summed E-state index contributed by atoms with van der Waals surface area (Å²) in [6, 6.07) is 5.62. The first-order valence-corrected chi connectivity index (χ1v) is 8.43. The van der Waals surface area contributed by atoms with Crippen molar-refractivity contribution in [2.24, 2.45) is 10.7 Å². The number of amidine groups is 1. The average Bonchev–Trinajstić information content (AvgIpc) is 2.89. The van der Waals surface area contributed by atoms with Crippen LogP contribution in [0.15, 0.2) is 23.2 Å². The highest BCUT2D eigenvalue weighted by atomic mass is 35.5. The Bertz CT molecular complexity index is 476. The lowest BCUT2D eigenvalue weighted by Crippen LogP contribution is -2.13. The summed E-state index contributed by atoms with van der Waals surface area (Å²) in [6.45, 7) is 0.535. The molecule has 0 aromatic heterocycles. The van der Waals surface area contributed by atoms with E-state index in [1.54, 1.807) is 18.2 Å². The molecular weight excluding hydrogens is 315 g/mol. The molecule has 1 aliphatic carbocycles.